The van der Waals surface area contributed by atoms with Crippen LogP contribution in [0.4, 0.5) is 5.13 Å². The van der Waals surface area contributed by atoms with Crippen LogP contribution in [0.25, 0.3) is 0 Å². The van der Waals surface area contributed by atoms with Gasteiger partial charge in [-0.1, -0.05) is 0 Å². The topological polar surface area (TPSA) is 84.4 Å². The van der Waals surface area contributed by atoms with Crippen LogP contribution in [0.2, 0.25) is 0 Å². The van der Waals surface area contributed by atoms with Gasteiger partial charge in [0.1, 0.15) is 6.61 Å². The lowest BCUT2D eigenvalue weighted by molar-refractivity contribution is 0.179. The molecule has 1 aromatic rings. The quantitative estimate of drug-likeness (QED) is 0.784. The number of methoxy groups -OCH3 is 1. The molecule has 1 aromatic heterocycles. The Hall–Kier alpha value is -0.770. The molecule has 0 aromatic carbocycles. The Balaban J connectivity index is 1.73. The Morgan fingerprint density at radius 1 is 1.53 bits per heavy atom. The second kappa shape index (κ2) is 6.12. The molecule has 19 heavy (non-hydrogen) atoms. The largest absolute Gasteiger partial charge is 0.377 e. The molecule has 2 rings (SSSR count). The number of anilines is 1. The van der Waals surface area contributed by atoms with Gasteiger partial charge in [0.2, 0.25) is 15.2 Å². The van der Waals surface area contributed by atoms with Crippen molar-refractivity contribution < 1.29 is 13.2 Å². The lowest BCUT2D eigenvalue weighted by Gasteiger charge is -2.37. The van der Waals surface area contributed by atoms with Gasteiger partial charge in [-0.3, -0.25) is 0 Å². The van der Waals surface area contributed by atoms with E-state index in [9.17, 15) is 8.42 Å². The van der Waals surface area contributed by atoms with Gasteiger partial charge in [-0.25, -0.2) is 17.7 Å². The zero-order valence-electron chi connectivity index (χ0n) is 11.0. The van der Waals surface area contributed by atoms with E-state index in [2.05, 4.69) is 14.7 Å². The number of ether oxygens (including phenoxy) is 1. The third-order valence-corrected chi connectivity index (χ3v) is 5.49. The summed E-state index contributed by atoms with van der Waals surface area (Å²) in [5.41, 5.74) is 0. The normalized spacial score (nSPS) is 17.4. The van der Waals surface area contributed by atoms with Crippen LogP contribution in [0.1, 0.15) is 12.7 Å². The van der Waals surface area contributed by atoms with Crippen molar-refractivity contribution in [3.05, 3.63) is 5.82 Å². The molecule has 108 valence electrons. The molecule has 0 bridgehead atoms. The third-order valence-electron chi connectivity index (χ3n) is 2.97. The monoisotopic (exact) mass is 306 g/mol. The highest BCUT2D eigenvalue weighted by atomic mass is 32.2. The summed E-state index contributed by atoms with van der Waals surface area (Å²) in [6, 6.07) is 0. The minimum atomic E-state index is -3.02. The van der Waals surface area contributed by atoms with Crippen LogP contribution >= 0.6 is 11.5 Å². The maximum Gasteiger partial charge on any atom is 0.213 e. The highest BCUT2D eigenvalue weighted by Crippen LogP contribution is 2.21. The predicted molar refractivity (Wildman–Crippen MR) is 73.6 cm³/mol. The Kier molecular flexibility index (Phi) is 4.71. The lowest BCUT2D eigenvalue weighted by Crippen LogP contribution is -2.52. The summed E-state index contributed by atoms with van der Waals surface area (Å²) in [5.74, 6) is 1.18. The van der Waals surface area contributed by atoms with Gasteiger partial charge in [-0.15, -0.1) is 0 Å². The van der Waals surface area contributed by atoms with Gasteiger partial charge in [-0.05, 0) is 6.92 Å². The van der Waals surface area contributed by atoms with E-state index in [1.807, 2.05) is 0 Å². The summed E-state index contributed by atoms with van der Waals surface area (Å²) >= 11 is 1.29. The van der Waals surface area contributed by atoms with Crippen molar-refractivity contribution in [2.75, 3.05) is 37.8 Å². The van der Waals surface area contributed by atoms with Crippen molar-refractivity contribution in [2.45, 2.75) is 13.5 Å². The summed E-state index contributed by atoms with van der Waals surface area (Å²) in [5, 5.41) is 3.94. The smallest absolute Gasteiger partial charge is 0.213 e. The first-order valence-electron chi connectivity index (χ1n) is 6.08. The van der Waals surface area contributed by atoms with Crippen LogP contribution < -0.4 is 5.32 Å². The van der Waals surface area contributed by atoms with Crippen LogP contribution in [0, 0.1) is 5.92 Å². The first-order valence-corrected chi connectivity index (χ1v) is 8.46. The fraction of sp³-hybridized carbons (Fsp3) is 0.800. The molecule has 0 spiro atoms. The summed E-state index contributed by atoms with van der Waals surface area (Å²) in [7, 11) is -1.41. The predicted octanol–water partition coefficient (Wildman–Crippen LogP) is 0.378. The molecule has 9 heteroatoms. The maximum atomic E-state index is 11.5. The molecule has 0 radical (unpaired) electrons. The van der Waals surface area contributed by atoms with Gasteiger partial charge in [0.25, 0.3) is 0 Å². The van der Waals surface area contributed by atoms with Crippen LogP contribution in [-0.4, -0.2) is 54.6 Å². The van der Waals surface area contributed by atoms with E-state index in [-0.39, 0.29) is 5.75 Å². The van der Waals surface area contributed by atoms with Crippen molar-refractivity contribution in [3.63, 3.8) is 0 Å². The number of aromatic nitrogens is 2. The van der Waals surface area contributed by atoms with E-state index in [1.165, 1.54) is 15.8 Å². The van der Waals surface area contributed by atoms with Gasteiger partial charge in [0.05, 0.1) is 5.75 Å². The molecule has 2 heterocycles. The van der Waals surface area contributed by atoms with Crippen LogP contribution in [-0.2, 0) is 21.4 Å². The van der Waals surface area contributed by atoms with Gasteiger partial charge >= 0.3 is 0 Å². The molecule has 0 saturated carbocycles. The molecule has 1 aliphatic heterocycles. The fourth-order valence-corrected chi connectivity index (χ4v) is 3.63. The zero-order valence-corrected chi connectivity index (χ0v) is 12.6. The lowest BCUT2D eigenvalue weighted by atomic mass is 10.0. The molecule has 0 atom stereocenters. The van der Waals surface area contributed by atoms with E-state index in [0.717, 1.165) is 11.7 Å². The zero-order chi connectivity index (χ0) is 13.9. The van der Waals surface area contributed by atoms with Crippen molar-refractivity contribution in [1.82, 2.24) is 13.7 Å². The molecule has 0 aliphatic carbocycles. The molecular formula is C10H18N4O3S2. The highest BCUT2D eigenvalue weighted by Gasteiger charge is 2.34. The average molecular weight is 306 g/mol. The van der Waals surface area contributed by atoms with E-state index >= 15 is 0 Å². The van der Waals surface area contributed by atoms with Gasteiger partial charge < -0.3 is 10.1 Å². The molecule has 1 aliphatic rings. The van der Waals surface area contributed by atoms with Gasteiger partial charge in [0, 0.05) is 44.2 Å². The first-order chi connectivity index (χ1) is 9.05. The highest BCUT2D eigenvalue weighted by molar-refractivity contribution is 7.89. The second-order valence-corrected chi connectivity index (χ2v) is 7.42. The second-order valence-electron chi connectivity index (χ2n) is 4.41. The van der Waals surface area contributed by atoms with Crippen molar-refractivity contribution in [3.8, 4) is 0 Å². The van der Waals surface area contributed by atoms with Gasteiger partial charge in [0.15, 0.2) is 5.82 Å². The third kappa shape index (κ3) is 3.62. The summed E-state index contributed by atoms with van der Waals surface area (Å²) < 4.78 is 33.7. The van der Waals surface area contributed by atoms with Crippen molar-refractivity contribution >= 4 is 26.7 Å². The number of rotatable bonds is 7. The Labute approximate surface area is 117 Å². The van der Waals surface area contributed by atoms with Crippen LogP contribution in [0.15, 0.2) is 0 Å². The SMILES string of the molecule is CCS(=O)(=O)N1CC(CNc2nc(COC)ns2)C1. The standard InChI is InChI=1S/C10H18N4O3S2/c1-3-19(15,16)14-5-8(6-14)4-11-10-12-9(7-17-2)13-18-10/h8H,3-7H2,1-2H3,(H,11,12,13). The Morgan fingerprint density at radius 3 is 2.89 bits per heavy atom. The molecular weight excluding hydrogens is 288 g/mol. The van der Waals surface area contributed by atoms with Crippen molar-refractivity contribution in [2.24, 2.45) is 5.92 Å². The van der Waals surface area contributed by atoms with Crippen LogP contribution in [0.5, 0.6) is 0 Å². The van der Waals surface area contributed by atoms with Gasteiger partial charge in [-0.2, -0.15) is 4.37 Å². The minimum absolute atomic E-state index is 0.171. The van der Waals surface area contributed by atoms with Crippen LogP contribution in [0.3, 0.4) is 0 Å². The Morgan fingerprint density at radius 2 is 2.26 bits per heavy atom. The van der Waals surface area contributed by atoms with E-state index in [4.69, 9.17) is 4.74 Å². The summed E-state index contributed by atoms with van der Waals surface area (Å²) in [6.07, 6.45) is 0. The molecule has 1 fully saturated rings. The molecule has 0 amide bonds. The van der Waals surface area contributed by atoms with E-state index < -0.39 is 10.0 Å². The summed E-state index contributed by atoms with van der Waals surface area (Å²) in [6.45, 7) is 3.97. The number of hydrogen-bond donors (Lipinski definition) is 1. The minimum Gasteiger partial charge on any atom is -0.377 e. The summed E-state index contributed by atoms with van der Waals surface area (Å²) in [4.78, 5) is 4.25. The van der Waals surface area contributed by atoms with E-state index in [1.54, 1.807) is 14.0 Å². The molecule has 0 unspecified atom stereocenters. The number of hydrogen-bond acceptors (Lipinski definition) is 7. The number of sulfonamides is 1. The fourth-order valence-electron chi connectivity index (χ4n) is 1.81. The van der Waals surface area contributed by atoms with Crippen molar-refractivity contribution in [1.29, 1.82) is 0 Å². The average Bonchev–Trinajstić information content (AvgIpc) is 2.75. The maximum absolute atomic E-state index is 11.5. The Bertz CT molecular complexity index is 511. The molecule has 1 N–H and O–H groups in total. The number of nitrogens with one attached hydrogen (secondary N) is 1. The number of nitrogens with zero attached hydrogens (tertiary/aromatic N) is 3. The molecule has 7 nitrogen and oxygen atoms in total. The molecule has 1 saturated heterocycles. The van der Waals surface area contributed by atoms with E-state index in [0.29, 0.717) is 31.4 Å². The first kappa shape index (κ1) is 14.6.